The van der Waals surface area contributed by atoms with Crippen molar-refractivity contribution in [2.75, 3.05) is 6.26 Å². The van der Waals surface area contributed by atoms with Crippen molar-refractivity contribution in [3.63, 3.8) is 0 Å². The summed E-state index contributed by atoms with van der Waals surface area (Å²) in [6.45, 7) is 0.220. The highest BCUT2D eigenvalue weighted by molar-refractivity contribution is 7.90. The van der Waals surface area contributed by atoms with Crippen molar-refractivity contribution in [2.24, 2.45) is 0 Å². The van der Waals surface area contributed by atoms with E-state index in [4.69, 9.17) is 9.84 Å². The van der Waals surface area contributed by atoms with E-state index in [1.807, 2.05) is 0 Å². The average Bonchev–Trinajstić information content (AvgIpc) is 2.45. The van der Waals surface area contributed by atoms with Crippen LogP contribution in [-0.4, -0.2) is 24.8 Å². The van der Waals surface area contributed by atoms with Gasteiger partial charge in [0, 0.05) is 6.26 Å². The number of hydrogen-bond acceptors (Lipinski definition) is 5. The number of pyridine rings is 1. The fourth-order valence-corrected chi connectivity index (χ4v) is 2.22. The maximum Gasteiger partial charge on any atom is 0.175 e. The molecule has 0 radical (unpaired) electrons. The molecule has 0 aliphatic rings. The van der Waals surface area contributed by atoms with Gasteiger partial charge in [-0.1, -0.05) is 12.1 Å². The summed E-state index contributed by atoms with van der Waals surface area (Å²) in [5.41, 5.74) is 1.44. The summed E-state index contributed by atoms with van der Waals surface area (Å²) in [7, 11) is -3.17. The largest absolute Gasteiger partial charge is 0.487 e. The van der Waals surface area contributed by atoms with Gasteiger partial charge in [0.15, 0.2) is 9.84 Å². The molecule has 0 atom stereocenters. The van der Waals surface area contributed by atoms with Crippen molar-refractivity contribution in [1.82, 2.24) is 4.98 Å². The van der Waals surface area contributed by atoms with Gasteiger partial charge >= 0.3 is 0 Å². The van der Waals surface area contributed by atoms with Crippen LogP contribution in [0, 0.1) is 0 Å². The topological polar surface area (TPSA) is 76.5 Å². The number of sulfone groups is 1. The second-order valence-electron chi connectivity index (χ2n) is 4.35. The van der Waals surface area contributed by atoms with E-state index in [1.165, 1.54) is 12.5 Å². The molecule has 0 aliphatic heterocycles. The van der Waals surface area contributed by atoms with Gasteiger partial charge < -0.3 is 9.84 Å². The summed E-state index contributed by atoms with van der Waals surface area (Å²) >= 11 is 0. The molecule has 1 aromatic carbocycles. The van der Waals surface area contributed by atoms with Crippen LogP contribution >= 0.6 is 0 Å². The zero-order chi connectivity index (χ0) is 14.6. The molecule has 0 aliphatic carbocycles. The normalized spacial score (nSPS) is 11.3. The number of ether oxygens (including phenoxy) is 1. The summed E-state index contributed by atoms with van der Waals surface area (Å²) in [6.07, 6.45) is 2.71. The standard InChI is InChI=1S/C14H15NO4S/c1-20(17,18)14-6-2-11(3-7-14)10-19-13-5-4-12(9-16)15-8-13/h2-8,16H,9-10H2,1H3. The van der Waals surface area contributed by atoms with Crippen LogP contribution in [0.2, 0.25) is 0 Å². The summed E-state index contributed by atoms with van der Waals surface area (Å²) in [5, 5.41) is 8.88. The molecule has 0 saturated heterocycles. The van der Waals surface area contributed by atoms with Crippen LogP contribution in [0.5, 0.6) is 5.75 Å². The van der Waals surface area contributed by atoms with E-state index < -0.39 is 9.84 Å². The van der Waals surface area contributed by atoms with Crippen LogP contribution in [-0.2, 0) is 23.1 Å². The number of rotatable bonds is 5. The molecule has 0 unspecified atom stereocenters. The van der Waals surface area contributed by atoms with E-state index in [2.05, 4.69) is 4.98 Å². The van der Waals surface area contributed by atoms with Gasteiger partial charge in [-0.25, -0.2) is 8.42 Å². The second kappa shape index (κ2) is 6.02. The highest BCUT2D eigenvalue weighted by atomic mass is 32.2. The summed E-state index contributed by atoms with van der Waals surface area (Å²) in [6, 6.07) is 9.95. The predicted molar refractivity (Wildman–Crippen MR) is 74.0 cm³/mol. The molecule has 0 saturated carbocycles. The maximum absolute atomic E-state index is 11.3. The van der Waals surface area contributed by atoms with Crippen LogP contribution in [0.1, 0.15) is 11.3 Å². The highest BCUT2D eigenvalue weighted by Gasteiger charge is 2.06. The Balaban J connectivity index is 2.00. The lowest BCUT2D eigenvalue weighted by molar-refractivity contribution is 0.275. The quantitative estimate of drug-likeness (QED) is 0.905. The lowest BCUT2D eigenvalue weighted by Crippen LogP contribution is -1.99. The fraction of sp³-hybridized carbons (Fsp3) is 0.214. The Bertz CT molecular complexity index is 663. The third-order valence-corrected chi connectivity index (χ3v) is 3.85. The van der Waals surface area contributed by atoms with Gasteiger partial charge in [-0.05, 0) is 29.8 Å². The molecule has 5 nitrogen and oxygen atoms in total. The second-order valence-corrected chi connectivity index (χ2v) is 6.36. The maximum atomic E-state index is 11.3. The highest BCUT2D eigenvalue weighted by Crippen LogP contribution is 2.14. The molecular weight excluding hydrogens is 278 g/mol. The molecule has 1 N–H and O–H groups in total. The van der Waals surface area contributed by atoms with Gasteiger partial charge in [-0.15, -0.1) is 0 Å². The first-order chi connectivity index (χ1) is 9.49. The number of benzene rings is 1. The third kappa shape index (κ3) is 3.79. The van der Waals surface area contributed by atoms with Gasteiger partial charge in [-0.2, -0.15) is 0 Å². The van der Waals surface area contributed by atoms with E-state index in [0.29, 0.717) is 18.1 Å². The first-order valence-electron chi connectivity index (χ1n) is 5.96. The molecule has 0 bridgehead atoms. The lowest BCUT2D eigenvalue weighted by Gasteiger charge is -2.07. The van der Waals surface area contributed by atoms with Crippen molar-refractivity contribution in [1.29, 1.82) is 0 Å². The van der Waals surface area contributed by atoms with E-state index in [-0.39, 0.29) is 11.5 Å². The van der Waals surface area contributed by atoms with E-state index in [1.54, 1.807) is 36.4 Å². The fourth-order valence-electron chi connectivity index (χ4n) is 1.59. The molecule has 0 fully saturated rings. The number of aromatic nitrogens is 1. The van der Waals surface area contributed by atoms with Gasteiger partial charge in [0.25, 0.3) is 0 Å². The third-order valence-electron chi connectivity index (χ3n) is 2.72. The molecule has 0 spiro atoms. The molecule has 2 aromatic rings. The van der Waals surface area contributed by atoms with Crippen LogP contribution in [0.4, 0.5) is 0 Å². The summed E-state index contributed by atoms with van der Waals surface area (Å²) in [5.74, 6) is 0.592. The van der Waals surface area contributed by atoms with Crippen LogP contribution in [0.3, 0.4) is 0 Å². The van der Waals surface area contributed by atoms with Gasteiger partial charge in [0.05, 0.1) is 23.4 Å². The van der Waals surface area contributed by atoms with E-state index in [0.717, 1.165) is 5.56 Å². The summed E-state index contributed by atoms with van der Waals surface area (Å²) in [4.78, 5) is 4.29. The molecule has 0 amide bonds. The lowest BCUT2D eigenvalue weighted by atomic mass is 10.2. The molecule has 2 rings (SSSR count). The average molecular weight is 293 g/mol. The number of nitrogens with zero attached hydrogens (tertiary/aromatic N) is 1. The Hall–Kier alpha value is -1.92. The Morgan fingerprint density at radius 2 is 1.85 bits per heavy atom. The van der Waals surface area contributed by atoms with Crippen molar-refractivity contribution in [3.8, 4) is 5.75 Å². The molecule has 6 heteroatoms. The predicted octanol–water partition coefficient (Wildman–Crippen LogP) is 1.56. The van der Waals surface area contributed by atoms with Gasteiger partial charge in [0.2, 0.25) is 0 Å². The molecule has 106 valence electrons. The minimum absolute atomic E-state index is 0.104. The van der Waals surface area contributed by atoms with E-state index >= 15 is 0 Å². The van der Waals surface area contributed by atoms with Crippen molar-refractivity contribution < 1.29 is 18.3 Å². The smallest absolute Gasteiger partial charge is 0.175 e. The molecular formula is C14H15NO4S. The van der Waals surface area contributed by atoms with Crippen molar-refractivity contribution >= 4 is 9.84 Å². The van der Waals surface area contributed by atoms with Crippen LogP contribution in [0.25, 0.3) is 0 Å². The summed E-state index contributed by atoms with van der Waals surface area (Å²) < 4.78 is 28.2. The Morgan fingerprint density at radius 3 is 2.35 bits per heavy atom. The Labute approximate surface area is 117 Å². The number of hydrogen-bond donors (Lipinski definition) is 1. The number of aliphatic hydroxyl groups excluding tert-OH is 1. The minimum Gasteiger partial charge on any atom is -0.487 e. The first-order valence-corrected chi connectivity index (χ1v) is 7.86. The molecule has 1 heterocycles. The molecule has 20 heavy (non-hydrogen) atoms. The van der Waals surface area contributed by atoms with Crippen molar-refractivity contribution in [3.05, 3.63) is 53.9 Å². The van der Waals surface area contributed by atoms with Crippen molar-refractivity contribution in [2.45, 2.75) is 18.1 Å². The SMILES string of the molecule is CS(=O)(=O)c1ccc(COc2ccc(CO)nc2)cc1. The zero-order valence-corrected chi connectivity index (χ0v) is 11.8. The zero-order valence-electron chi connectivity index (χ0n) is 11.0. The Morgan fingerprint density at radius 1 is 1.15 bits per heavy atom. The first kappa shape index (κ1) is 14.5. The molecule has 1 aromatic heterocycles. The monoisotopic (exact) mass is 293 g/mol. The Kier molecular flexibility index (Phi) is 4.36. The minimum atomic E-state index is -3.17. The van der Waals surface area contributed by atoms with E-state index in [9.17, 15) is 8.42 Å². The number of aliphatic hydroxyl groups is 1. The van der Waals surface area contributed by atoms with Gasteiger partial charge in [-0.3, -0.25) is 4.98 Å². The van der Waals surface area contributed by atoms with Gasteiger partial charge in [0.1, 0.15) is 12.4 Å². The van der Waals surface area contributed by atoms with Crippen LogP contribution < -0.4 is 4.74 Å². The van der Waals surface area contributed by atoms with Crippen LogP contribution in [0.15, 0.2) is 47.5 Å².